The number of anilines is 1. The van der Waals surface area contributed by atoms with Gasteiger partial charge in [-0.1, -0.05) is 6.07 Å². The summed E-state index contributed by atoms with van der Waals surface area (Å²) in [5.74, 6) is 0.954. The van der Waals surface area contributed by atoms with Crippen LogP contribution in [0.15, 0.2) is 17.5 Å². The van der Waals surface area contributed by atoms with Crippen molar-refractivity contribution in [1.29, 1.82) is 0 Å². The number of aromatic nitrogens is 1. The standard InChI is InChI=1S/C14H18N2OS/c1-9-5-6-12(11(3)14(9)17-4)15-7-13-16-10(2)8-18-13/h5-6,8,15H,7H2,1-4H3. The number of ether oxygens (including phenoxy) is 1. The summed E-state index contributed by atoms with van der Waals surface area (Å²) in [4.78, 5) is 4.44. The topological polar surface area (TPSA) is 34.1 Å². The molecule has 1 aromatic heterocycles. The van der Waals surface area contributed by atoms with Crippen molar-refractivity contribution in [2.75, 3.05) is 12.4 Å². The Morgan fingerprint density at radius 3 is 2.67 bits per heavy atom. The maximum atomic E-state index is 5.42. The Balaban J connectivity index is 2.14. The SMILES string of the molecule is COc1c(C)ccc(NCc2nc(C)cs2)c1C. The average molecular weight is 262 g/mol. The zero-order valence-corrected chi connectivity index (χ0v) is 12.0. The van der Waals surface area contributed by atoms with Crippen LogP contribution in [-0.2, 0) is 6.54 Å². The molecule has 0 atom stereocenters. The molecule has 0 spiro atoms. The summed E-state index contributed by atoms with van der Waals surface area (Å²) in [6.45, 7) is 6.90. The summed E-state index contributed by atoms with van der Waals surface area (Å²) >= 11 is 1.68. The second kappa shape index (κ2) is 5.40. The molecule has 18 heavy (non-hydrogen) atoms. The molecule has 0 aliphatic carbocycles. The molecule has 4 heteroatoms. The number of hydrogen-bond acceptors (Lipinski definition) is 4. The van der Waals surface area contributed by atoms with Crippen LogP contribution >= 0.6 is 11.3 Å². The quantitative estimate of drug-likeness (QED) is 0.912. The third-order valence-electron chi connectivity index (χ3n) is 2.90. The average Bonchev–Trinajstić information content (AvgIpc) is 2.75. The van der Waals surface area contributed by atoms with Gasteiger partial charge in [0.2, 0.25) is 0 Å². The van der Waals surface area contributed by atoms with Crippen molar-refractivity contribution in [2.45, 2.75) is 27.3 Å². The molecular weight excluding hydrogens is 244 g/mol. The Bertz CT molecular complexity index is 549. The molecule has 0 amide bonds. The van der Waals surface area contributed by atoms with Crippen LogP contribution in [-0.4, -0.2) is 12.1 Å². The lowest BCUT2D eigenvalue weighted by Gasteiger charge is -2.14. The Hall–Kier alpha value is -1.55. The molecule has 3 nitrogen and oxygen atoms in total. The van der Waals surface area contributed by atoms with Crippen LogP contribution in [0.3, 0.4) is 0 Å². The molecule has 0 aliphatic rings. The van der Waals surface area contributed by atoms with E-state index in [1.807, 2.05) is 6.92 Å². The summed E-state index contributed by atoms with van der Waals surface area (Å²) in [7, 11) is 1.71. The second-order valence-corrected chi connectivity index (χ2v) is 5.27. The molecule has 0 fully saturated rings. The fraction of sp³-hybridized carbons (Fsp3) is 0.357. The van der Waals surface area contributed by atoms with Gasteiger partial charge in [-0.05, 0) is 32.4 Å². The van der Waals surface area contributed by atoms with Crippen LogP contribution in [0.25, 0.3) is 0 Å². The smallest absolute Gasteiger partial charge is 0.126 e. The highest BCUT2D eigenvalue weighted by molar-refractivity contribution is 7.09. The summed E-state index contributed by atoms with van der Waals surface area (Å²) in [6, 6.07) is 4.16. The Morgan fingerprint density at radius 1 is 1.28 bits per heavy atom. The predicted molar refractivity (Wildman–Crippen MR) is 76.6 cm³/mol. The van der Waals surface area contributed by atoms with E-state index in [-0.39, 0.29) is 0 Å². The van der Waals surface area contributed by atoms with E-state index >= 15 is 0 Å². The molecule has 0 radical (unpaired) electrons. The van der Waals surface area contributed by atoms with Crippen molar-refractivity contribution in [3.8, 4) is 5.75 Å². The predicted octanol–water partition coefficient (Wildman–Crippen LogP) is 3.69. The van der Waals surface area contributed by atoms with Crippen molar-refractivity contribution in [2.24, 2.45) is 0 Å². The molecule has 96 valence electrons. The molecule has 2 aromatic rings. The molecule has 1 aromatic carbocycles. The Morgan fingerprint density at radius 2 is 2.06 bits per heavy atom. The monoisotopic (exact) mass is 262 g/mol. The van der Waals surface area contributed by atoms with Gasteiger partial charge in [-0.2, -0.15) is 0 Å². The second-order valence-electron chi connectivity index (χ2n) is 4.32. The van der Waals surface area contributed by atoms with E-state index in [1.54, 1.807) is 18.4 Å². The van der Waals surface area contributed by atoms with E-state index in [0.717, 1.165) is 39.8 Å². The van der Waals surface area contributed by atoms with Crippen LogP contribution in [0.5, 0.6) is 5.75 Å². The summed E-state index contributed by atoms with van der Waals surface area (Å²) in [6.07, 6.45) is 0. The van der Waals surface area contributed by atoms with Gasteiger partial charge in [0.1, 0.15) is 10.8 Å². The van der Waals surface area contributed by atoms with Crippen LogP contribution in [0.2, 0.25) is 0 Å². The van der Waals surface area contributed by atoms with Gasteiger partial charge in [-0.15, -0.1) is 11.3 Å². The minimum atomic E-state index is 0.756. The normalized spacial score (nSPS) is 10.4. The third kappa shape index (κ3) is 2.64. The largest absolute Gasteiger partial charge is 0.496 e. The number of hydrogen-bond donors (Lipinski definition) is 1. The number of aryl methyl sites for hydroxylation is 2. The van der Waals surface area contributed by atoms with Crippen LogP contribution < -0.4 is 10.1 Å². The summed E-state index contributed by atoms with van der Waals surface area (Å²) < 4.78 is 5.42. The lowest BCUT2D eigenvalue weighted by molar-refractivity contribution is 0.409. The van der Waals surface area contributed by atoms with Gasteiger partial charge < -0.3 is 10.1 Å². The first kappa shape index (κ1) is 12.9. The highest BCUT2D eigenvalue weighted by Gasteiger charge is 2.08. The van der Waals surface area contributed by atoms with E-state index in [0.29, 0.717) is 0 Å². The number of nitrogens with zero attached hydrogens (tertiary/aromatic N) is 1. The number of rotatable bonds is 4. The highest BCUT2D eigenvalue weighted by atomic mass is 32.1. The number of thiazole rings is 1. The molecule has 0 saturated carbocycles. The van der Waals surface area contributed by atoms with E-state index in [9.17, 15) is 0 Å². The van der Waals surface area contributed by atoms with E-state index < -0.39 is 0 Å². The van der Waals surface area contributed by atoms with Gasteiger partial charge in [0.15, 0.2) is 0 Å². The molecule has 0 aliphatic heterocycles. The van der Waals surface area contributed by atoms with Gasteiger partial charge in [0, 0.05) is 22.3 Å². The van der Waals surface area contributed by atoms with Gasteiger partial charge in [-0.25, -0.2) is 4.98 Å². The molecule has 1 N–H and O–H groups in total. The third-order valence-corrected chi connectivity index (χ3v) is 3.87. The summed E-state index contributed by atoms with van der Waals surface area (Å²) in [5.41, 5.74) is 4.48. The van der Waals surface area contributed by atoms with E-state index in [1.165, 1.54) is 0 Å². The molecule has 0 saturated heterocycles. The fourth-order valence-electron chi connectivity index (χ4n) is 1.99. The highest BCUT2D eigenvalue weighted by Crippen LogP contribution is 2.29. The van der Waals surface area contributed by atoms with Gasteiger partial charge in [-0.3, -0.25) is 0 Å². The number of nitrogens with one attached hydrogen (secondary N) is 1. The summed E-state index contributed by atoms with van der Waals surface area (Å²) in [5, 5.41) is 6.58. The molecule has 1 heterocycles. The maximum Gasteiger partial charge on any atom is 0.126 e. The lowest BCUT2D eigenvalue weighted by Crippen LogP contribution is -2.02. The first-order chi connectivity index (χ1) is 8.61. The minimum Gasteiger partial charge on any atom is -0.496 e. The zero-order chi connectivity index (χ0) is 13.1. The maximum absolute atomic E-state index is 5.42. The van der Waals surface area contributed by atoms with Crippen molar-refractivity contribution in [1.82, 2.24) is 4.98 Å². The van der Waals surface area contributed by atoms with Crippen molar-refractivity contribution >= 4 is 17.0 Å². The molecule has 2 rings (SSSR count). The molecule has 0 unspecified atom stereocenters. The van der Waals surface area contributed by atoms with Crippen LogP contribution in [0.4, 0.5) is 5.69 Å². The van der Waals surface area contributed by atoms with Gasteiger partial charge >= 0.3 is 0 Å². The Labute approximate surface area is 112 Å². The fourth-order valence-corrected chi connectivity index (χ4v) is 2.70. The van der Waals surface area contributed by atoms with Crippen molar-refractivity contribution < 1.29 is 4.74 Å². The van der Waals surface area contributed by atoms with Gasteiger partial charge in [0.25, 0.3) is 0 Å². The Kier molecular flexibility index (Phi) is 3.87. The lowest BCUT2D eigenvalue weighted by atomic mass is 10.1. The zero-order valence-electron chi connectivity index (χ0n) is 11.2. The van der Waals surface area contributed by atoms with E-state index in [4.69, 9.17) is 4.74 Å². The van der Waals surface area contributed by atoms with Crippen molar-refractivity contribution in [3.63, 3.8) is 0 Å². The first-order valence-corrected chi connectivity index (χ1v) is 6.79. The molecular formula is C14H18N2OS. The van der Waals surface area contributed by atoms with Gasteiger partial charge in [0.05, 0.1) is 13.7 Å². The van der Waals surface area contributed by atoms with Crippen molar-refractivity contribution in [3.05, 3.63) is 39.3 Å². The minimum absolute atomic E-state index is 0.756. The molecule has 0 bridgehead atoms. The van der Waals surface area contributed by atoms with E-state index in [2.05, 4.69) is 41.7 Å². The number of benzene rings is 1. The number of methoxy groups -OCH3 is 1. The first-order valence-electron chi connectivity index (χ1n) is 5.91. The van der Waals surface area contributed by atoms with Crippen LogP contribution in [0.1, 0.15) is 21.8 Å². The van der Waals surface area contributed by atoms with Crippen LogP contribution in [0, 0.1) is 20.8 Å².